The van der Waals surface area contributed by atoms with E-state index in [9.17, 15) is 0 Å². The topological polar surface area (TPSA) is 21.7 Å². The van der Waals surface area contributed by atoms with Crippen molar-refractivity contribution < 1.29 is 9.47 Å². The Labute approximate surface area is 103 Å². The lowest BCUT2D eigenvalue weighted by Gasteiger charge is -2.48. The molecule has 0 spiro atoms. The van der Waals surface area contributed by atoms with Gasteiger partial charge in [-0.05, 0) is 25.1 Å². The second kappa shape index (κ2) is 5.17. The Bertz CT molecular complexity index is 354. The summed E-state index contributed by atoms with van der Waals surface area (Å²) in [5.41, 5.74) is 0.840. The van der Waals surface area contributed by atoms with Crippen molar-refractivity contribution in [3.63, 3.8) is 0 Å². The molecule has 3 heteroatoms. The number of ether oxygens (including phenoxy) is 2. The van der Waals surface area contributed by atoms with Gasteiger partial charge >= 0.3 is 0 Å². The van der Waals surface area contributed by atoms with Gasteiger partial charge in [-0.2, -0.15) is 0 Å². The van der Waals surface area contributed by atoms with Gasteiger partial charge in [0.15, 0.2) is 0 Å². The van der Waals surface area contributed by atoms with Crippen LogP contribution < -0.4 is 0 Å². The van der Waals surface area contributed by atoms with E-state index in [1.807, 2.05) is 23.1 Å². The van der Waals surface area contributed by atoms with E-state index in [0.717, 1.165) is 19.5 Å². The molecule has 2 rings (SSSR count). The summed E-state index contributed by atoms with van der Waals surface area (Å²) in [5, 5.41) is 0. The van der Waals surface area contributed by atoms with Crippen molar-refractivity contribution in [2.45, 2.75) is 18.1 Å². The Kier molecular flexibility index (Phi) is 3.82. The van der Waals surface area contributed by atoms with Crippen LogP contribution in [0.2, 0.25) is 0 Å². The van der Waals surface area contributed by atoms with Crippen molar-refractivity contribution in [3.8, 4) is 0 Å². The van der Waals surface area contributed by atoms with Gasteiger partial charge in [-0.3, -0.25) is 7.05 Å². The van der Waals surface area contributed by atoms with Crippen molar-refractivity contribution >= 4 is 0 Å². The van der Waals surface area contributed by atoms with Crippen LogP contribution in [0.5, 0.6) is 0 Å². The van der Waals surface area contributed by atoms with Crippen LogP contribution in [0, 0.1) is 7.05 Å². The van der Waals surface area contributed by atoms with Gasteiger partial charge in [0, 0.05) is 14.2 Å². The molecule has 1 aliphatic heterocycles. The number of methoxy groups -OCH3 is 2. The van der Waals surface area contributed by atoms with E-state index in [1.54, 1.807) is 14.2 Å². The van der Waals surface area contributed by atoms with E-state index in [4.69, 9.17) is 9.47 Å². The zero-order chi connectivity index (χ0) is 12.3. The van der Waals surface area contributed by atoms with Gasteiger partial charge in [-0.1, -0.05) is 30.3 Å². The molecule has 0 aliphatic carbocycles. The molecule has 0 bridgehead atoms. The molecule has 2 atom stereocenters. The van der Waals surface area contributed by atoms with Crippen molar-refractivity contribution in [1.29, 1.82) is 0 Å². The normalized spacial score (nSPS) is 30.4. The minimum absolute atomic E-state index is 0.0150. The Morgan fingerprint density at radius 1 is 1.29 bits per heavy atom. The number of rotatable bonds is 3. The third kappa shape index (κ3) is 2.23. The molecule has 0 radical (unpaired) electrons. The Morgan fingerprint density at radius 2 is 2.00 bits per heavy atom. The number of likely N-dealkylation sites (tertiary alicyclic amines) is 1. The summed E-state index contributed by atoms with van der Waals surface area (Å²) in [7, 11) is 7.49. The highest BCUT2D eigenvalue weighted by Gasteiger charge is 2.43. The maximum Gasteiger partial charge on any atom is 0.121 e. The van der Waals surface area contributed by atoms with Crippen LogP contribution >= 0.6 is 0 Å². The third-order valence-corrected chi connectivity index (χ3v) is 3.65. The number of hydrogen-bond donors (Lipinski definition) is 0. The Morgan fingerprint density at radius 3 is 2.59 bits per heavy atom. The quantitative estimate of drug-likeness (QED) is 0.747. The van der Waals surface area contributed by atoms with Gasteiger partial charge in [-0.15, -0.1) is 0 Å². The number of piperidine rings is 1. The van der Waals surface area contributed by atoms with Gasteiger partial charge < -0.3 is 14.4 Å². The zero-order valence-electron chi connectivity index (χ0n) is 10.6. The summed E-state index contributed by atoms with van der Waals surface area (Å²) in [4.78, 5) is 2.04. The summed E-state index contributed by atoms with van der Waals surface area (Å²) in [6.07, 6.45) is 0.913. The molecule has 0 N–H and O–H groups in total. The first-order valence-corrected chi connectivity index (χ1v) is 5.92. The van der Waals surface area contributed by atoms with Gasteiger partial charge in [0.05, 0.1) is 0 Å². The minimum Gasteiger partial charge on any atom is -0.457 e. The number of hydrogen-bond acceptors (Lipinski definition) is 3. The van der Waals surface area contributed by atoms with Crippen LogP contribution in [-0.2, 0) is 15.1 Å². The minimum atomic E-state index is -0.343. The lowest BCUT2D eigenvalue weighted by molar-refractivity contribution is -0.153. The summed E-state index contributed by atoms with van der Waals surface area (Å²) in [6.45, 7) is 1.71. The first kappa shape index (κ1) is 12.6. The highest BCUT2D eigenvalue weighted by Crippen LogP contribution is 2.37. The molecule has 0 unspecified atom stereocenters. The Balaban J connectivity index is 2.35. The molecule has 0 saturated carbocycles. The van der Waals surface area contributed by atoms with Crippen LogP contribution in [-0.4, -0.2) is 38.3 Å². The largest absolute Gasteiger partial charge is 0.457 e. The molecule has 1 fully saturated rings. The zero-order valence-corrected chi connectivity index (χ0v) is 10.6. The second-order valence-electron chi connectivity index (χ2n) is 4.51. The second-order valence-corrected chi connectivity index (χ2v) is 4.51. The molecule has 1 saturated heterocycles. The van der Waals surface area contributed by atoms with Crippen molar-refractivity contribution in [1.82, 2.24) is 4.90 Å². The average Bonchev–Trinajstić information content (AvgIpc) is 2.40. The fraction of sp³-hybridized carbons (Fsp3) is 0.500. The van der Waals surface area contributed by atoms with Crippen LogP contribution in [0.3, 0.4) is 0 Å². The SMILES string of the molecule is [CH2-]N1CC[C@](OC)(c2ccccc2)[C@@H](OC)C1. The van der Waals surface area contributed by atoms with Crippen LogP contribution in [0.4, 0.5) is 0 Å². The third-order valence-electron chi connectivity index (χ3n) is 3.65. The van der Waals surface area contributed by atoms with E-state index < -0.39 is 0 Å². The van der Waals surface area contributed by atoms with Gasteiger partial charge in [0.2, 0.25) is 0 Å². The fourth-order valence-electron chi connectivity index (χ4n) is 2.63. The predicted octanol–water partition coefficient (Wildman–Crippen LogP) is 2.04. The maximum atomic E-state index is 5.84. The van der Waals surface area contributed by atoms with E-state index in [1.165, 1.54) is 5.56 Å². The molecule has 17 heavy (non-hydrogen) atoms. The van der Waals surface area contributed by atoms with Gasteiger partial charge in [0.1, 0.15) is 11.7 Å². The molecule has 0 amide bonds. The molecule has 3 nitrogen and oxygen atoms in total. The lowest BCUT2D eigenvalue weighted by atomic mass is 9.82. The molecule has 1 aliphatic rings. The van der Waals surface area contributed by atoms with Gasteiger partial charge in [0.25, 0.3) is 0 Å². The van der Waals surface area contributed by atoms with Crippen LogP contribution in [0.15, 0.2) is 30.3 Å². The smallest absolute Gasteiger partial charge is 0.121 e. The van der Waals surface area contributed by atoms with Crippen LogP contribution in [0.25, 0.3) is 0 Å². The highest BCUT2D eigenvalue weighted by atomic mass is 16.5. The van der Waals surface area contributed by atoms with E-state index in [-0.39, 0.29) is 11.7 Å². The molecule has 1 aromatic rings. The van der Waals surface area contributed by atoms with Crippen molar-refractivity contribution in [2.75, 3.05) is 27.3 Å². The fourth-order valence-corrected chi connectivity index (χ4v) is 2.63. The first-order valence-electron chi connectivity index (χ1n) is 5.92. The summed E-state index contributed by atoms with van der Waals surface area (Å²) >= 11 is 0. The molecular weight excluding hydrogens is 214 g/mol. The number of nitrogens with zero attached hydrogens (tertiary/aromatic N) is 1. The molecule has 1 aromatic carbocycles. The van der Waals surface area contributed by atoms with E-state index in [2.05, 4.69) is 19.2 Å². The Hall–Kier alpha value is -0.900. The average molecular weight is 234 g/mol. The van der Waals surface area contributed by atoms with E-state index >= 15 is 0 Å². The predicted molar refractivity (Wildman–Crippen MR) is 67.5 cm³/mol. The van der Waals surface area contributed by atoms with Crippen LogP contribution in [0.1, 0.15) is 12.0 Å². The number of benzene rings is 1. The van der Waals surface area contributed by atoms with Crippen molar-refractivity contribution in [2.24, 2.45) is 0 Å². The molecular formula is C14H20NO2-. The summed E-state index contributed by atoms with van der Waals surface area (Å²) in [6, 6.07) is 10.3. The molecule has 1 heterocycles. The molecule has 94 valence electrons. The lowest BCUT2D eigenvalue weighted by Crippen LogP contribution is -2.53. The van der Waals surface area contributed by atoms with Crippen molar-refractivity contribution in [3.05, 3.63) is 42.9 Å². The maximum absolute atomic E-state index is 5.84. The van der Waals surface area contributed by atoms with E-state index in [0.29, 0.717) is 0 Å². The first-order chi connectivity index (χ1) is 8.23. The monoisotopic (exact) mass is 234 g/mol. The van der Waals surface area contributed by atoms with Gasteiger partial charge in [-0.25, -0.2) is 0 Å². The summed E-state index contributed by atoms with van der Waals surface area (Å²) < 4.78 is 11.5. The standard InChI is InChI=1S/C14H20NO2/c1-15-10-9-14(17-3,13(11-15)16-2)12-7-5-4-6-8-12/h4-8,13H,1,9-11H2,2-3H3/q-1/t13-,14-/m0/s1. The highest BCUT2D eigenvalue weighted by molar-refractivity contribution is 5.25. The summed E-state index contributed by atoms with van der Waals surface area (Å²) in [5.74, 6) is 0. The molecule has 0 aromatic heterocycles.